The third-order valence-electron chi connectivity index (χ3n) is 2.54. The van der Waals surface area contributed by atoms with Crippen molar-refractivity contribution in [3.8, 4) is 0 Å². The van der Waals surface area contributed by atoms with Gasteiger partial charge in [-0.1, -0.05) is 17.7 Å². The number of cyclic esters (lactones) is 1. The molecular weight excluding hydrogens is 235 g/mol. The van der Waals surface area contributed by atoms with Gasteiger partial charge in [-0.2, -0.15) is 0 Å². The predicted molar refractivity (Wildman–Crippen MR) is 53.3 cm³/mol. The Balaban J connectivity index is 2.42. The number of aryl methyl sites for hydroxylation is 1. The molecule has 0 spiro atoms. The molecule has 0 aliphatic carbocycles. The number of hydrogen-bond acceptors (Lipinski definition) is 2. The largest absolute Gasteiger partial charge is 0.443 e. The first-order chi connectivity index (χ1) is 7.90. The lowest BCUT2D eigenvalue weighted by molar-refractivity contribution is -0.105. The second kappa shape index (κ2) is 3.94. The Morgan fingerprint density at radius 2 is 2.18 bits per heavy atom. The number of ether oxygens (including phenoxy) is 1. The van der Waals surface area contributed by atoms with Crippen LogP contribution < -0.4 is 5.32 Å². The summed E-state index contributed by atoms with van der Waals surface area (Å²) < 4.78 is 44.8. The standard InChI is InChI=1S/C11H10F3NO2/c1-6-2-3-8(12)7(4-6)9-11(13,14)5-17-10(16)15-9/h2-4,9H,5H2,1H3,(H,15,16)/t9-/m0/s1. The SMILES string of the molecule is Cc1ccc(F)c([C@@H]2NC(=O)OCC2(F)F)c1. The smallest absolute Gasteiger partial charge is 0.408 e. The van der Waals surface area contributed by atoms with E-state index in [0.29, 0.717) is 5.56 Å². The Labute approximate surface area is 95.6 Å². The molecule has 1 N–H and O–H groups in total. The fraction of sp³-hybridized carbons (Fsp3) is 0.364. The van der Waals surface area contributed by atoms with Crippen LogP contribution >= 0.6 is 0 Å². The van der Waals surface area contributed by atoms with Crippen LogP contribution in [0.4, 0.5) is 18.0 Å². The van der Waals surface area contributed by atoms with E-state index in [1.165, 1.54) is 12.1 Å². The number of alkyl carbamates (subject to hydrolysis) is 1. The van der Waals surface area contributed by atoms with Gasteiger partial charge in [0.05, 0.1) is 0 Å². The van der Waals surface area contributed by atoms with Gasteiger partial charge in [0.25, 0.3) is 0 Å². The molecule has 1 amide bonds. The van der Waals surface area contributed by atoms with Crippen LogP contribution in [0.15, 0.2) is 18.2 Å². The zero-order valence-electron chi connectivity index (χ0n) is 8.97. The quantitative estimate of drug-likeness (QED) is 0.825. The molecule has 6 heteroatoms. The summed E-state index contributed by atoms with van der Waals surface area (Å²) in [7, 11) is 0. The number of nitrogens with one attached hydrogen (secondary N) is 1. The monoisotopic (exact) mass is 245 g/mol. The summed E-state index contributed by atoms with van der Waals surface area (Å²) in [5.74, 6) is -4.11. The molecule has 1 saturated heterocycles. The zero-order chi connectivity index (χ0) is 12.6. The second-order valence-corrected chi connectivity index (χ2v) is 3.94. The predicted octanol–water partition coefficient (Wildman–Crippen LogP) is 2.55. The molecule has 0 bridgehead atoms. The van der Waals surface area contributed by atoms with Gasteiger partial charge in [-0.15, -0.1) is 0 Å². The fourth-order valence-electron chi connectivity index (χ4n) is 1.70. The van der Waals surface area contributed by atoms with Crippen molar-refractivity contribution < 1.29 is 22.7 Å². The van der Waals surface area contributed by atoms with Crippen molar-refractivity contribution in [2.24, 2.45) is 0 Å². The number of hydrogen-bond donors (Lipinski definition) is 1. The molecule has 0 saturated carbocycles. The van der Waals surface area contributed by atoms with E-state index >= 15 is 0 Å². The van der Waals surface area contributed by atoms with Gasteiger partial charge in [0.15, 0.2) is 6.61 Å². The van der Waals surface area contributed by atoms with Gasteiger partial charge < -0.3 is 10.1 Å². The van der Waals surface area contributed by atoms with Crippen molar-refractivity contribution in [1.29, 1.82) is 0 Å². The Kier molecular flexibility index (Phi) is 2.73. The summed E-state index contributed by atoms with van der Waals surface area (Å²) in [6.45, 7) is 0.610. The van der Waals surface area contributed by atoms with Gasteiger partial charge in [-0.25, -0.2) is 18.0 Å². The molecule has 1 aromatic carbocycles. The number of alkyl halides is 2. The maximum atomic E-state index is 13.5. The first-order valence-electron chi connectivity index (χ1n) is 4.97. The number of halogens is 3. The summed E-state index contributed by atoms with van der Waals surface area (Å²) in [4.78, 5) is 10.9. The van der Waals surface area contributed by atoms with Crippen molar-refractivity contribution in [3.05, 3.63) is 35.1 Å². The van der Waals surface area contributed by atoms with E-state index in [9.17, 15) is 18.0 Å². The molecule has 92 valence electrons. The number of amides is 1. The fourth-order valence-corrected chi connectivity index (χ4v) is 1.70. The van der Waals surface area contributed by atoms with Crippen molar-refractivity contribution in [2.45, 2.75) is 18.9 Å². The van der Waals surface area contributed by atoms with Gasteiger partial charge in [0.1, 0.15) is 11.9 Å². The van der Waals surface area contributed by atoms with E-state index in [0.717, 1.165) is 6.07 Å². The lowest BCUT2D eigenvalue weighted by atomic mass is 9.98. The average molecular weight is 245 g/mol. The summed E-state index contributed by atoms with van der Waals surface area (Å²) in [6.07, 6.45) is -0.971. The second-order valence-electron chi connectivity index (χ2n) is 3.94. The number of rotatable bonds is 1. The minimum absolute atomic E-state index is 0.230. The molecule has 1 aliphatic rings. The minimum atomic E-state index is -3.33. The van der Waals surface area contributed by atoms with Crippen LogP contribution in [-0.4, -0.2) is 18.6 Å². The van der Waals surface area contributed by atoms with Gasteiger partial charge in [0, 0.05) is 5.56 Å². The highest BCUT2D eigenvalue weighted by Gasteiger charge is 2.47. The molecule has 0 unspecified atom stereocenters. The van der Waals surface area contributed by atoms with E-state index < -0.39 is 30.5 Å². The third-order valence-corrected chi connectivity index (χ3v) is 2.54. The Hall–Kier alpha value is -1.72. The first kappa shape index (κ1) is 11.8. The normalized spacial score (nSPS) is 22.8. The van der Waals surface area contributed by atoms with E-state index in [1.807, 2.05) is 5.32 Å². The van der Waals surface area contributed by atoms with Crippen molar-refractivity contribution in [3.63, 3.8) is 0 Å². The van der Waals surface area contributed by atoms with Gasteiger partial charge >= 0.3 is 12.0 Å². The average Bonchev–Trinajstić information content (AvgIpc) is 2.26. The highest BCUT2D eigenvalue weighted by Crippen LogP contribution is 2.35. The summed E-state index contributed by atoms with van der Waals surface area (Å²) in [5, 5.41) is 1.94. The zero-order valence-corrected chi connectivity index (χ0v) is 8.97. The Bertz CT molecular complexity index is 462. The van der Waals surface area contributed by atoms with Crippen LogP contribution in [0, 0.1) is 12.7 Å². The molecule has 3 nitrogen and oxygen atoms in total. The van der Waals surface area contributed by atoms with Crippen molar-refractivity contribution >= 4 is 6.09 Å². The van der Waals surface area contributed by atoms with E-state index in [1.54, 1.807) is 6.92 Å². The van der Waals surface area contributed by atoms with Crippen LogP contribution in [-0.2, 0) is 4.74 Å². The minimum Gasteiger partial charge on any atom is -0.443 e. The van der Waals surface area contributed by atoms with E-state index in [2.05, 4.69) is 4.74 Å². The molecule has 2 rings (SSSR count). The highest BCUT2D eigenvalue weighted by molar-refractivity contribution is 5.69. The number of benzene rings is 1. The maximum Gasteiger partial charge on any atom is 0.408 e. The van der Waals surface area contributed by atoms with Crippen LogP contribution in [0.1, 0.15) is 17.2 Å². The third kappa shape index (κ3) is 2.20. The van der Waals surface area contributed by atoms with Crippen LogP contribution in [0.5, 0.6) is 0 Å². The van der Waals surface area contributed by atoms with E-state index in [-0.39, 0.29) is 5.56 Å². The van der Waals surface area contributed by atoms with Gasteiger partial charge in [-0.05, 0) is 13.0 Å². The summed E-state index contributed by atoms with van der Waals surface area (Å²) >= 11 is 0. The van der Waals surface area contributed by atoms with Crippen molar-refractivity contribution in [1.82, 2.24) is 5.32 Å². The Morgan fingerprint density at radius 3 is 2.88 bits per heavy atom. The first-order valence-corrected chi connectivity index (χ1v) is 4.97. The molecule has 1 aromatic rings. The molecule has 1 heterocycles. The summed E-state index contributed by atoms with van der Waals surface area (Å²) in [5.41, 5.74) is 0.407. The number of carbonyl (C=O) groups excluding carboxylic acids is 1. The molecule has 0 radical (unpaired) electrons. The summed E-state index contributed by atoms with van der Waals surface area (Å²) in [6, 6.07) is 2.17. The lowest BCUT2D eigenvalue weighted by Crippen LogP contribution is -2.49. The highest BCUT2D eigenvalue weighted by atomic mass is 19.3. The molecular formula is C11H10F3NO2. The van der Waals surface area contributed by atoms with Crippen molar-refractivity contribution in [2.75, 3.05) is 6.61 Å². The number of carbonyl (C=O) groups is 1. The maximum absolute atomic E-state index is 13.5. The van der Waals surface area contributed by atoms with Crippen LogP contribution in [0.2, 0.25) is 0 Å². The molecule has 1 aliphatic heterocycles. The van der Waals surface area contributed by atoms with Crippen LogP contribution in [0.25, 0.3) is 0 Å². The topological polar surface area (TPSA) is 38.3 Å². The Morgan fingerprint density at radius 1 is 1.47 bits per heavy atom. The van der Waals surface area contributed by atoms with E-state index in [4.69, 9.17) is 0 Å². The van der Waals surface area contributed by atoms with Gasteiger partial charge in [0.2, 0.25) is 0 Å². The molecule has 17 heavy (non-hydrogen) atoms. The molecule has 1 atom stereocenters. The molecule has 1 fully saturated rings. The lowest BCUT2D eigenvalue weighted by Gasteiger charge is -2.32. The van der Waals surface area contributed by atoms with Gasteiger partial charge in [-0.3, -0.25) is 0 Å². The van der Waals surface area contributed by atoms with Crippen LogP contribution in [0.3, 0.4) is 0 Å². The molecule has 0 aromatic heterocycles.